The van der Waals surface area contributed by atoms with Gasteiger partial charge in [-0.05, 0) is 30.9 Å². The number of aromatic nitrogens is 4. The lowest BCUT2D eigenvalue weighted by Crippen LogP contribution is -2.22. The SMILES string of the molecule is O=C(O)[C@@H]1CC[C@H](C(=O)Nc2ncn(Cc3cccnc3)n2)C1. The zero-order valence-corrected chi connectivity index (χ0v) is 12.4. The molecule has 0 aromatic carbocycles. The number of anilines is 1. The van der Waals surface area contributed by atoms with E-state index in [0.717, 1.165) is 5.56 Å². The highest BCUT2D eigenvalue weighted by Crippen LogP contribution is 2.31. The number of carboxylic acids is 1. The Morgan fingerprint density at radius 1 is 1.35 bits per heavy atom. The van der Waals surface area contributed by atoms with Gasteiger partial charge in [-0.25, -0.2) is 9.67 Å². The summed E-state index contributed by atoms with van der Waals surface area (Å²) >= 11 is 0. The molecule has 120 valence electrons. The number of amides is 1. The van der Waals surface area contributed by atoms with E-state index in [9.17, 15) is 9.59 Å². The Labute approximate surface area is 132 Å². The second-order valence-corrected chi connectivity index (χ2v) is 5.66. The summed E-state index contributed by atoms with van der Waals surface area (Å²) in [5, 5.41) is 15.8. The Balaban J connectivity index is 1.57. The molecule has 8 nitrogen and oxygen atoms in total. The minimum Gasteiger partial charge on any atom is -0.481 e. The normalized spacial score (nSPS) is 20.3. The Kier molecular flexibility index (Phi) is 4.31. The van der Waals surface area contributed by atoms with Crippen molar-refractivity contribution in [1.82, 2.24) is 19.7 Å². The standard InChI is InChI=1S/C15H17N5O3/c21-13(11-3-4-12(6-11)14(22)23)18-15-17-9-20(19-15)8-10-2-1-5-16-7-10/h1-2,5,7,9,11-12H,3-4,6,8H2,(H,22,23)(H,18,19,21)/t11-,12+/m0/s1. The molecule has 1 aliphatic rings. The highest BCUT2D eigenvalue weighted by atomic mass is 16.4. The van der Waals surface area contributed by atoms with E-state index in [1.807, 2.05) is 12.1 Å². The summed E-state index contributed by atoms with van der Waals surface area (Å²) in [4.78, 5) is 31.2. The molecule has 0 radical (unpaired) electrons. The maximum absolute atomic E-state index is 12.1. The topological polar surface area (TPSA) is 110 Å². The summed E-state index contributed by atoms with van der Waals surface area (Å²) in [6.07, 6.45) is 6.47. The Morgan fingerprint density at radius 3 is 2.87 bits per heavy atom. The third-order valence-electron chi connectivity index (χ3n) is 3.99. The van der Waals surface area contributed by atoms with Crippen molar-refractivity contribution in [3.63, 3.8) is 0 Å². The van der Waals surface area contributed by atoms with Crippen LogP contribution in [0.3, 0.4) is 0 Å². The number of carbonyl (C=O) groups is 2. The molecule has 0 spiro atoms. The number of rotatable bonds is 5. The summed E-state index contributed by atoms with van der Waals surface area (Å²) in [7, 11) is 0. The molecule has 1 amide bonds. The van der Waals surface area contributed by atoms with Crippen molar-refractivity contribution < 1.29 is 14.7 Å². The highest BCUT2D eigenvalue weighted by Gasteiger charge is 2.34. The molecule has 2 N–H and O–H groups in total. The van der Waals surface area contributed by atoms with Crippen molar-refractivity contribution in [2.45, 2.75) is 25.8 Å². The first kappa shape index (κ1) is 15.1. The lowest BCUT2D eigenvalue weighted by atomic mass is 10.0. The third-order valence-corrected chi connectivity index (χ3v) is 3.99. The van der Waals surface area contributed by atoms with Crippen molar-refractivity contribution in [3.8, 4) is 0 Å². The fourth-order valence-corrected chi connectivity index (χ4v) is 2.76. The lowest BCUT2D eigenvalue weighted by molar-refractivity contribution is -0.141. The largest absolute Gasteiger partial charge is 0.481 e. The Hall–Kier alpha value is -2.77. The van der Waals surface area contributed by atoms with E-state index in [1.54, 1.807) is 17.1 Å². The summed E-state index contributed by atoms with van der Waals surface area (Å²) in [6, 6.07) is 3.77. The van der Waals surface area contributed by atoms with Crippen molar-refractivity contribution in [3.05, 3.63) is 36.4 Å². The molecule has 2 aromatic heterocycles. The van der Waals surface area contributed by atoms with E-state index in [2.05, 4.69) is 20.4 Å². The molecule has 2 aromatic rings. The first-order chi connectivity index (χ1) is 11.1. The van der Waals surface area contributed by atoms with Crippen LogP contribution in [-0.2, 0) is 16.1 Å². The molecule has 1 saturated carbocycles. The number of carbonyl (C=O) groups excluding carboxylic acids is 1. The number of aliphatic carboxylic acids is 1. The number of nitrogens with one attached hydrogen (secondary N) is 1. The highest BCUT2D eigenvalue weighted by molar-refractivity contribution is 5.91. The molecular weight excluding hydrogens is 298 g/mol. The van der Waals surface area contributed by atoms with Crippen molar-refractivity contribution in [1.29, 1.82) is 0 Å². The van der Waals surface area contributed by atoms with Gasteiger partial charge in [0, 0.05) is 18.3 Å². The number of hydrogen-bond donors (Lipinski definition) is 2. The van der Waals surface area contributed by atoms with Gasteiger partial charge < -0.3 is 5.11 Å². The van der Waals surface area contributed by atoms with Crippen LogP contribution in [0.1, 0.15) is 24.8 Å². The second-order valence-electron chi connectivity index (χ2n) is 5.66. The summed E-state index contributed by atoms with van der Waals surface area (Å²) in [5.41, 5.74) is 0.982. The van der Waals surface area contributed by atoms with Crippen LogP contribution >= 0.6 is 0 Å². The number of carboxylic acid groups (broad SMARTS) is 1. The van der Waals surface area contributed by atoms with Gasteiger partial charge in [-0.15, -0.1) is 5.10 Å². The quantitative estimate of drug-likeness (QED) is 0.856. The fourth-order valence-electron chi connectivity index (χ4n) is 2.76. The maximum atomic E-state index is 12.1. The average molecular weight is 315 g/mol. The van der Waals surface area contributed by atoms with Gasteiger partial charge in [0.05, 0.1) is 12.5 Å². The smallest absolute Gasteiger partial charge is 0.306 e. The monoisotopic (exact) mass is 315 g/mol. The number of hydrogen-bond acceptors (Lipinski definition) is 5. The van der Waals surface area contributed by atoms with Crippen LogP contribution in [0.2, 0.25) is 0 Å². The average Bonchev–Trinajstić information content (AvgIpc) is 3.18. The minimum absolute atomic E-state index is 0.215. The van der Waals surface area contributed by atoms with Crippen LogP contribution in [0.15, 0.2) is 30.9 Å². The summed E-state index contributed by atoms with van der Waals surface area (Å²) < 4.78 is 1.61. The fraction of sp³-hybridized carbons (Fsp3) is 0.400. The van der Waals surface area contributed by atoms with Crippen LogP contribution in [0.25, 0.3) is 0 Å². The molecule has 1 aliphatic carbocycles. The third kappa shape index (κ3) is 3.71. The van der Waals surface area contributed by atoms with Crippen LogP contribution in [0.4, 0.5) is 5.95 Å². The maximum Gasteiger partial charge on any atom is 0.306 e. The zero-order valence-electron chi connectivity index (χ0n) is 12.4. The van der Waals surface area contributed by atoms with E-state index >= 15 is 0 Å². The van der Waals surface area contributed by atoms with Gasteiger partial charge in [0.1, 0.15) is 6.33 Å². The first-order valence-electron chi connectivity index (χ1n) is 7.44. The molecule has 23 heavy (non-hydrogen) atoms. The first-order valence-corrected chi connectivity index (χ1v) is 7.44. The van der Waals surface area contributed by atoms with Gasteiger partial charge in [0.15, 0.2) is 0 Å². The van der Waals surface area contributed by atoms with Crippen molar-refractivity contribution >= 4 is 17.8 Å². The summed E-state index contributed by atoms with van der Waals surface area (Å²) in [6.45, 7) is 0.515. The van der Waals surface area contributed by atoms with Crippen molar-refractivity contribution in [2.75, 3.05) is 5.32 Å². The van der Waals surface area contributed by atoms with Crippen LogP contribution < -0.4 is 5.32 Å². The molecular formula is C15H17N5O3. The molecule has 3 rings (SSSR count). The molecule has 2 atom stereocenters. The molecule has 1 fully saturated rings. The van der Waals surface area contributed by atoms with Gasteiger partial charge in [-0.1, -0.05) is 6.07 Å². The van der Waals surface area contributed by atoms with E-state index < -0.39 is 11.9 Å². The molecule has 0 bridgehead atoms. The summed E-state index contributed by atoms with van der Waals surface area (Å²) in [5.74, 6) is -1.53. The van der Waals surface area contributed by atoms with Crippen LogP contribution in [0, 0.1) is 11.8 Å². The van der Waals surface area contributed by atoms with Gasteiger partial charge in [0.25, 0.3) is 0 Å². The molecule has 0 saturated heterocycles. The number of pyridine rings is 1. The lowest BCUT2D eigenvalue weighted by Gasteiger charge is -2.08. The number of nitrogens with zero attached hydrogens (tertiary/aromatic N) is 4. The minimum atomic E-state index is -0.834. The Bertz CT molecular complexity index is 700. The Morgan fingerprint density at radius 2 is 2.17 bits per heavy atom. The van der Waals surface area contributed by atoms with Crippen LogP contribution in [0.5, 0.6) is 0 Å². The molecule has 0 aliphatic heterocycles. The van der Waals surface area contributed by atoms with Gasteiger partial charge in [-0.3, -0.25) is 19.9 Å². The van der Waals surface area contributed by atoms with Crippen LogP contribution in [-0.4, -0.2) is 36.7 Å². The van der Waals surface area contributed by atoms with Gasteiger partial charge in [-0.2, -0.15) is 0 Å². The predicted molar refractivity (Wildman–Crippen MR) is 80.5 cm³/mol. The van der Waals surface area contributed by atoms with E-state index in [-0.39, 0.29) is 17.8 Å². The van der Waals surface area contributed by atoms with E-state index in [1.165, 1.54) is 6.33 Å². The molecule has 8 heteroatoms. The van der Waals surface area contributed by atoms with E-state index in [0.29, 0.717) is 25.8 Å². The zero-order chi connectivity index (χ0) is 16.2. The predicted octanol–water partition coefficient (Wildman–Crippen LogP) is 1.16. The molecule has 0 unspecified atom stereocenters. The van der Waals surface area contributed by atoms with E-state index in [4.69, 9.17) is 5.11 Å². The second kappa shape index (κ2) is 6.55. The van der Waals surface area contributed by atoms with Gasteiger partial charge >= 0.3 is 5.97 Å². The molecule has 2 heterocycles. The van der Waals surface area contributed by atoms with Gasteiger partial charge in [0.2, 0.25) is 11.9 Å². The van der Waals surface area contributed by atoms with Crippen molar-refractivity contribution in [2.24, 2.45) is 11.8 Å².